The SMILES string of the molecule is COc1cc(OC)cc(C(=O)NCc2ccc(C(=O)c3ccsc3)s2)c1. The molecule has 0 aliphatic carbocycles. The van der Waals surface area contributed by atoms with Gasteiger partial charge >= 0.3 is 0 Å². The van der Waals surface area contributed by atoms with E-state index in [4.69, 9.17) is 9.47 Å². The van der Waals surface area contributed by atoms with Gasteiger partial charge in [-0.2, -0.15) is 11.3 Å². The van der Waals surface area contributed by atoms with Crippen LogP contribution < -0.4 is 14.8 Å². The van der Waals surface area contributed by atoms with E-state index in [1.807, 2.05) is 22.9 Å². The normalized spacial score (nSPS) is 10.4. The third-order valence-corrected chi connectivity index (χ3v) is 5.47. The van der Waals surface area contributed by atoms with Gasteiger partial charge in [0.25, 0.3) is 5.91 Å². The number of carbonyl (C=O) groups excluding carboxylic acids is 2. The highest BCUT2D eigenvalue weighted by Gasteiger charge is 2.14. The lowest BCUT2D eigenvalue weighted by Gasteiger charge is -2.08. The molecule has 3 rings (SSSR count). The fraction of sp³-hybridized carbons (Fsp3) is 0.158. The number of amides is 1. The Balaban J connectivity index is 1.66. The van der Waals surface area contributed by atoms with Crippen molar-refractivity contribution >= 4 is 34.4 Å². The molecule has 1 N–H and O–H groups in total. The van der Waals surface area contributed by atoms with Gasteiger partial charge in [0.05, 0.1) is 25.6 Å². The molecule has 2 heterocycles. The molecule has 0 fully saturated rings. The molecule has 0 unspecified atom stereocenters. The number of carbonyl (C=O) groups is 2. The van der Waals surface area contributed by atoms with Crippen molar-refractivity contribution < 1.29 is 19.1 Å². The Bertz CT molecular complexity index is 893. The van der Waals surface area contributed by atoms with Crippen molar-refractivity contribution in [1.29, 1.82) is 0 Å². The van der Waals surface area contributed by atoms with Crippen molar-refractivity contribution in [2.24, 2.45) is 0 Å². The van der Waals surface area contributed by atoms with Gasteiger partial charge in [-0.3, -0.25) is 9.59 Å². The summed E-state index contributed by atoms with van der Waals surface area (Å²) in [6.07, 6.45) is 0. The predicted octanol–water partition coefficient (Wildman–Crippen LogP) is 3.99. The number of benzene rings is 1. The number of thiophene rings is 2. The molecule has 0 atom stereocenters. The standard InChI is InChI=1S/C19H17NO4S2/c1-23-14-7-13(8-15(9-14)24-2)19(22)20-10-16-3-4-17(26-16)18(21)12-5-6-25-11-12/h3-9,11H,10H2,1-2H3,(H,20,22). The van der Waals surface area contributed by atoms with Crippen LogP contribution in [0.4, 0.5) is 0 Å². The van der Waals surface area contributed by atoms with E-state index < -0.39 is 0 Å². The van der Waals surface area contributed by atoms with Crippen LogP contribution in [0.5, 0.6) is 11.5 Å². The van der Waals surface area contributed by atoms with E-state index in [-0.39, 0.29) is 11.7 Å². The first-order valence-corrected chi connectivity index (χ1v) is 9.53. The Morgan fingerprint density at radius 1 is 1.00 bits per heavy atom. The van der Waals surface area contributed by atoms with Crippen LogP contribution in [0, 0.1) is 0 Å². The molecule has 7 heteroatoms. The molecular formula is C19H17NO4S2. The second-order valence-corrected chi connectivity index (χ2v) is 7.34. The van der Waals surface area contributed by atoms with E-state index in [1.54, 1.807) is 24.3 Å². The number of hydrogen-bond donors (Lipinski definition) is 1. The summed E-state index contributed by atoms with van der Waals surface area (Å²) in [6, 6.07) is 10.5. The number of nitrogens with one attached hydrogen (secondary N) is 1. The highest BCUT2D eigenvalue weighted by Crippen LogP contribution is 2.23. The van der Waals surface area contributed by atoms with Crippen LogP contribution in [-0.4, -0.2) is 25.9 Å². The minimum atomic E-state index is -0.235. The average Bonchev–Trinajstić information content (AvgIpc) is 3.37. The van der Waals surface area contributed by atoms with Crippen LogP contribution in [0.1, 0.15) is 30.5 Å². The van der Waals surface area contributed by atoms with Gasteiger partial charge in [-0.1, -0.05) is 0 Å². The van der Waals surface area contributed by atoms with Gasteiger partial charge in [0, 0.05) is 27.5 Å². The number of rotatable bonds is 7. The number of ketones is 1. The summed E-state index contributed by atoms with van der Waals surface area (Å²) in [7, 11) is 3.07. The van der Waals surface area contributed by atoms with Gasteiger partial charge in [-0.05, 0) is 35.7 Å². The van der Waals surface area contributed by atoms with Crippen LogP contribution in [0.15, 0.2) is 47.2 Å². The summed E-state index contributed by atoms with van der Waals surface area (Å²) in [6.45, 7) is 0.347. The van der Waals surface area contributed by atoms with Crippen LogP contribution in [0.25, 0.3) is 0 Å². The molecule has 5 nitrogen and oxygen atoms in total. The maximum atomic E-state index is 12.4. The third kappa shape index (κ3) is 4.12. The van der Waals surface area contributed by atoms with Crippen LogP contribution >= 0.6 is 22.7 Å². The number of ether oxygens (including phenoxy) is 2. The summed E-state index contributed by atoms with van der Waals surface area (Å²) in [5.41, 5.74) is 1.14. The van der Waals surface area contributed by atoms with Gasteiger partial charge in [0.15, 0.2) is 0 Å². The van der Waals surface area contributed by atoms with Crippen molar-refractivity contribution in [1.82, 2.24) is 5.32 Å². The smallest absolute Gasteiger partial charge is 0.251 e. The monoisotopic (exact) mass is 387 g/mol. The minimum absolute atomic E-state index is 0.00589. The maximum Gasteiger partial charge on any atom is 0.251 e. The molecule has 0 radical (unpaired) electrons. The van der Waals surface area contributed by atoms with Gasteiger partial charge < -0.3 is 14.8 Å². The Kier molecular flexibility index (Phi) is 5.70. The second-order valence-electron chi connectivity index (χ2n) is 5.39. The quantitative estimate of drug-likeness (QED) is 0.623. The first-order chi connectivity index (χ1) is 12.6. The zero-order valence-corrected chi connectivity index (χ0v) is 15.9. The molecule has 2 aromatic heterocycles. The topological polar surface area (TPSA) is 64.6 Å². The molecule has 0 spiro atoms. The molecule has 0 bridgehead atoms. The van der Waals surface area contributed by atoms with E-state index in [0.29, 0.717) is 34.0 Å². The lowest BCUT2D eigenvalue weighted by molar-refractivity contribution is 0.0950. The van der Waals surface area contributed by atoms with Crippen LogP contribution in [0.3, 0.4) is 0 Å². The summed E-state index contributed by atoms with van der Waals surface area (Å²) < 4.78 is 10.4. The third-order valence-electron chi connectivity index (χ3n) is 3.71. The Morgan fingerprint density at radius 3 is 2.35 bits per heavy atom. The summed E-state index contributed by atoms with van der Waals surface area (Å²) >= 11 is 2.88. The molecule has 0 aliphatic rings. The van der Waals surface area contributed by atoms with Gasteiger partial charge in [0.2, 0.25) is 5.78 Å². The molecule has 134 valence electrons. The van der Waals surface area contributed by atoms with Crippen molar-refractivity contribution in [2.45, 2.75) is 6.54 Å². The Labute approximate surface area is 159 Å². The molecule has 1 aromatic carbocycles. The lowest BCUT2D eigenvalue weighted by Crippen LogP contribution is -2.22. The van der Waals surface area contributed by atoms with Gasteiger partial charge in [-0.25, -0.2) is 0 Å². The zero-order chi connectivity index (χ0) is 18.5. The fourth-order valence-corrected chi connectivity index (χ4v) is 3.88. The molecule has 26 heavy (non-hydrogen) atoms. The largest absolute Gasteiger partial charge is 0.497 e. The number of methoxy groups -OCH3 is 2. The van der Waals surface area contributed by atoms with Crippen molar-refractivity contribution in [3.8, 4) is 11.5 Å². The van der Waals surface area contributed by atoms with Gasteiger partial charge in [0.1, 0.15) is 11.5 Å². The molecule has 0 saturated heterocycles. The highest BCUT2D eigenvalue weighted by molar-refractivity contribution is 7.14. The van der Waals surface area contributed by atoms with E-state index >= 15 is 0 Å². The molecule has 1 amide bonds. The highest BCUT2D eigenvalue weighted by atomic mass is 32.1. The lowest BCUT2D eigenvalue weighted by atomic mass is 10.2. The molecule has 0 saturated carbocycles. The van der Waals surface area contributed by atoms with E-state index in [9.17, 15) is 9.59 Å². The van der Waals surface area contributed by atoms with E-state index in [1.165, 1.54) is 36.9 Å². The van der Waals surface area contributed by atoms with Gasteiger partial charge in [-0.15, -0.1) is 11.3 Å². The zero-order valence-electron chi connectivity index (χ0n) is 14.3. The van der Waals surface area contributed by atoms with Crippen molar-refractivity contribution in [3.05, 3.63) is 68.0 Å². The molecular weight excluding hydrogens is 370 g/mol. The van der Waals surface area contributed by atoms with Crippen LogP contribution in [0.2, 0.25) is 0 Å². The summed E-state index contributed by atoms with van der Waals surface area (Å²) in [5.74, 6) is 0.871. The second kappa shape index (κ2) is 8.16. The summed E-state index contributed by atoms with van der Waals surface area (Å²) in [5, 5.41) is 6.57. The van der Waals surface area contributed by atoms with Crippen LogP contribution in [-0.2, 0) is 6.54 Å². The summed E-state index contributed by atoms with van der Waals surface area (Å²) in [4.78, 5) is 26.3. The number of hydrogen-bond acceptors (Lipinski definition) is 6. The first kappa shape index (κ1) is 18.2. The predicted molar refractivity (Wildman–Crippen MR) is 103 cm³/mol. The minimum Gasteiger partial charge on any atom is -0.497 e. The van der Waals surface area contributed by atoms with Crippen molar-refractivity contribution in [3.63, 3.8) is 0 Å². The molecule has 0 aliphatic heterocycles. The average molecular weight is 387 g/mol. The maximum absolute atomic E-state index is 12.4. The van der Waals surface area contributed by atoms with Crippen molar-refractivity contribution in [2.75, 3.05) is 14.2 Å². The van der Waals surface area contributed by atoms with E-state index in [2.05, 4.69) is 5.32 Å². The molecule has 3 aromatic rings. The first-order valence-electron chi connectivity index (χ1n) is 7.77. The Morgan fingerprint density at radius 2 is 1.73 bits per heavy atom. The Hall–Kier alpha value is -2.64. The fourth-order valence-electron chi connectivity index (χ4n) is 2.34. The van der Waals surface area contributed by atoms with E-state index in [0.717, 1.165) is 4.88 Å².